The van der Waals surface area contributed by atoms with E-state index in [1.165, 1.54) is 18.4 Å². The van der Waals surface area contributed by atoms with Crippen LogP contribution in [0.2, 0.25) is 0 Å². The monoisotopic (exact) mass is 365 g/mol. The third-order valence-electron chi connectivity index (χ3n) is 5.40. The normalized spacial score (nSPS) is 22.3. The van der Waals surface area contributed by atoms with E-state index in [9.17, 15) is 5.11 Å². The van der Waals surface area contributed by atoms with E-state index in [0.29, 0.717) is 12.5 Å². The van der Waals surface area contributed by atoms with Crippen molar-refractivity contribution in [1.29, 1.82) is 0 Å². The van der Waals surface area contributed by atoms with Crippen molar-refractivity contribution in [3.63, 3.8) is 0 Å². The number of pyridine rings is 2. The number of fused-ring (bicyclic) bond motifs is 1. The molecule has 2 atom stereocenters. The first-order chi connectivity index (χ1) is 13.2. The Hall–Kier alpha value is -2.64. The van der Waals surface area contributed by atoms with E-state index in [4.69, 9.17) is 9.72 Å². The van der Waals surface area contributed by atoms with Gasteiger partial charge in [0.05, 0.1) is 36.8 Å². The number of methoxy groups -OCH3 is 1. The summed E-state index contributed by atoms with van der Waals surface area (Å²) >= 11 is 0. The van der Waals surface area contributed by atoms with Crippen LogP contribution >= 0.6 is 0 Å². The smallest absolute Gasteiger partial charge is 0.140 e. The number of β-amino-alcohol motifs (C(OH)–C–C–N with tert-alkyl or cyclic N) is 1. The summed E-state index contributed by atoms with van der Waals surface area (Å²) < 4.78 is 7.66. The second-order valence-electron chi connectivity index (χ2n) is 7.33. The maximum Gasteiger partial charge on any atom is 0.140 e. The number of nitrogens with one attached hydrogen (secondary N) is 2. The van der Waals surface area contributed by atoms with Crippen molar-refractivity contribution < 1.29 is 9.84 Å². The van der Waals surface area contributed by atoms with Gasteiger partial charge in [-0.05, 0) is 30.9 Å². The number of rotatable bonds is 5. The van der Waals surface area contributed by atoms with Gasteiger partial charge < -0.3 is 20.5 Å². The summed E-state index contributed by atoms with van der Waals surface area (Å²) in [4.78, 5) is 9.30. The fourth-order valence-electron chi connectivity index (χ4n) is 3.75. The number of aliphatic hydroxyl groups excluding tert-OH is 1. The fraction of sp³-hybridized carbons (Fsp3) is 0.400. The molecule has 0 bridgehead atoms. The maximum absolute atomic E-state index is 10.0. The van der Waals surface area contributed by atoms with Crippen LogP contribution in [0.25, 0.3) is 17.0 Å². The fourth-order valence-corrected chi connectivity index (χ4v) is 3.75. The van der Waals surface area contributed by atoms with E-state index < -0.39 is 6.10 Å². The van der Waals surface area contributed by atoms with Gasteiger partial charge in [-0.3, -0.25) is 4.40 Å². The zero-order valence-electron chi connectivity index (χ0n) is 15.2. The van der Waals surface area contributed by atoms with E-state index >= 15 is 0 Å². The van der Waals surface area contributed by atoms with Gasteiger partial charge in [0.1, 0.15) is 17.2 Å². The number of ether oxygens (including phenoxy) is 1. The minimum absolute atomic E-state index is 0.0272. The van der Waals surface area contributed by atoms with E-state index in [2.05, 4.69) is 26.2 Å². The van der Waals surface area contributed by atoms with Crippen molar-refractivity contribution in [1.82, 2.24) is 19.7 Å². The molecule has 7 heteroatoms. The molecule has 5 rings (SSSR count). The molecular weight excluding hydrogens is 342 g/mol. The Kier molecular flexibility index (Phi) is 3.98. The Labute approximate surface area is 157 Å². The van der Waals surface area contributed by atoms with Gasteiger partial charge >= 0.3 is 0 Å². The average Bonchev–Trinajstić information content (AvgIpc) is 3.34. The predicted molar refractivity (Wildman–Crippen MR) is 103 cm³/mol. The lowest BCUT2D eigenvalue weighted by Gasteiger charge is -2.16. The van der Waals surface area contributed by atoms with Crippen molar-refractivity contribution in [3.8, 4) is 17.1 Å². The summed E-state index contributed by atoms with van der Waals surface area (Å²) in [5.74, 6) is 2.25. The van der Waals surface area contributed by atoms with Crippen molar-refractivity contribution in [2.75, 3.05) is 25.5 Å². The minimum atomic E-state index is -0.403. The molecular formula is C20H23N5O2. The summed E-state index contributed by atoms with van der Waals surface area (Å²) in [6.45, 7) is 1.34. The Morgan fingerprint density at radius 3 is 2.93 bits per heavy atom. The summed E-state index contributed by atoms with van der Waals surface area (Å²) in [7, 11) is 1.71. The number of nitrogens with zero attached hydrogens (tertiary/aromatic N) is 3. The molecule has 2 unspecified atom stereocenters. The molecule has 3 aromatic heterocycles. The molecule has 0 aromatic carbocycles. The molecule has 0 spiro atoms. The average molecular weight is 365 g/mol. The molecule has 4 heterocycles. The van der Waals surface area contributed by atoms with Crippen molar-refractivity contribution in [3.05, 3.63) is 42.2 Å². The highest BCUT2D eigenvalue weighted by molar-refractivity contribution is 5.64. The second-order valence-corrected chi connectivity index (χ2v) is 7.33. The minimum Gasteiger partial charge on any atom is -0.496 e. The van der Waals surface area contributed by atoms with Gasteiger partial charge in [-0.15, -0.1) is 0 Å². The quantitative estimate of drug-likeness (QED) is 0.642. The van der Waals surface area contributed by atoms with Gasteiger partial charge in [-0.2, -0.15) is 0 Å². The SMILES string of the molecule is COc1cc2ncc(-c3cccc(NC4CNCC4O)n3)n2cc1C1CC1. The number of imidazole rings is 1. The third-order valence-corrected chi connectivity index (χ3v) is 5.40. The van der Waals surface area contributed by atoms with E-state index in [1.807, 2.05) is 30.5 Å². The molecule has 1 aliphatic carbocycles. The van der Waals surface area contributed by atoms with E-state index in [-0.39, 0.29) is 6.04 Å². The first kappa shape index (κ1) is 16.5. The second kappa shape index (κ2) is 6.51. The van der Waals surface area contributed by atoms with Gasteiger partial charge in [0.25, 0.3) is 0 Å². The molecule has 3 N–H and O–H groups in total. The Bertz CT molecular complexity index is 982. The number of hydrogen-bond donors (Lipinski definition) is 3. The van der Waals surface area contributed by atoms with Crippen LogP contribution in [0.4, 0.5) is 5.82 Å². The van der Waals surface area contributed by atoms with Crippen LogP contribution in [0.5, 0.6) is 5.75 Å². The molecule has 140 valence electrons. The van der Waals surface area contributed by atoms with Gasteiger partial charge in [0.2, 0.25) is 0 Å². The highest BCUT2D eigenvalue weighted by atomic mass is 16.5. The molecule has 1 aliphatic heterocycles. The summed E-state index contributed by atoms with van der Waals surface area (Å²) in [5, 5.41) is 16.5. The molecule has 7 nitrogen and oxygen atoms in total. The van der Waals surface area contributed by atoms with E-state index in [1.54, 1.807) is 7.11 Å². The first-order valence-electron chi connectivity index (χ1n) is 9.40. The van der Waals surface area contributed by atoms with Gasteiger partial charge in [-0.1, -0.05) is 6.07 Å². The maximum atomic E-state index is 10.0. The van der Waals surface area contributed by atoms with Crippen molar-refractivity contribution in [2.24, 2.45) is 0 Å². The van der Waals surface area contributed by atoms with Crippen LogP contribution in [0.15, 0.2) is 36.7 Å². The highest BCUT2D eigenvalue weighted by Gasteiger charge is 2.28. The number of aromatic nitrogens is 3. The Balaban J connectivity index is 1.51. The van der Waals surface area contributed by atoms with Gasteiger partial charge in [0, 0.05) is 30.9 Å². The van der Waals surface area contributed by atoms with Crippen molar-refractivity contribution in [2.45, 2.75) is 30.9 Å². The molecule has 2 fully saturated rings. The van der Waals surface area contributed by atoms with Crippen LogP contribution in [0, 0.1) is 0 Å². The molecule has 1 saturated heterocycles. The lowest BCUT2D eigenvalue weighted by molar-refractivity contribution is 0.185. The molecule has 0 radical (unpaired) electrons. The summed E-state index contributed by atoms with van der Waals surface area (Å²) in [6.07, 6.45) is 6.01. The zero-order valence-corrected chi connectivity index (χ0v) is 15.2. The number of anilines is 1. The third kappa shape index (κ3) is 3.02. The van der Waals surface area contributed by atoms with Crippen LogP contribution in [0.1, 0.15) is 24.3 Å². The lowest BCUT2D eigenvalue weighted by atomic mass is 10.1. The van der Waals surface area contributed by atoms with Crippen LogP contribution < -0.4 is 15.4 Å². The molecule has 27 heavy (non-hydrogen) atoms. The molecule has 1 saturated carbocycles. The van der Waals surface area contributed by atoms with Crippen LogP contribution in [0.3, 0.4) is 0 Å². The Morgan fingerprint density at radius 1 is 1.30 bits per heavy atom. The van der Waals surface area contributed by atoms with E-state index in [0.717, 1.165) is 35.1 Å². The first-order valence-corrected chi connectivity index (χ1v) is 9.40. The number of aliphatic hydroxyl groups is 1. The summed E-state index contributed by atoms with van der Waals surface area (Å²) in [6, 6.07) is 7.86. The van der Waals surface area contributed by atoms with Crippen molar-refractivity contribution >= 4 is 11.5 Å². The summed E-state index contributed by atoms with van der Waals surface area (Å²) in [5.41, 5.74) is 3.88. The Morgan fingerprint density at radius 2 is 2.19 bits per heavy atom. The standard InChI is InChI=1S/C20H23N5O2/c1-27-18-7-20-22-9-16(25(20)11-13(18)12-5-6-12)14-3-2-4-19(23-14)24-15-8-21-10-17(15)26/h2-4,7,9,11-12,15,17,21,26H,5-6,8,10H2,1H3,(H,23,24). The van der Waals surface area contributed by atoms with Crippen LogP contribution in [-0.4, -0.2) is 51.8 Å². The molecule has 3 aromatic rings. The zero-order chi connectivity index (χ0) is 18.4. The lowest BCUT2D eigenvalue weighted by Crippen LogP contribution is -2.32. The predicted octanol–water partition coefficient (Wildman–Crippen LogP) is 2.03. The molecule has 2 aliphatic rings. The largest absolute Gasteiger partial charge is 0.496 e. The topological polar surface area (TPSA) is 83.7 Å². The number of hydrogen-bond acceptors (Lipinski definition) is 6. The van der Waals surface area contributed by atoms with Gasteiger partial charge in [0.15, 0.2) is 0 Å². The van der Waals surface area contributed by atoms with Crippen LogP contribution in [-0.2, 0) is 0 Å². The molecule has 0 amide bonds. The van der Waals surface area contributed by atoms with Gasteiger partial charge in [-0.25, -0.2) is 9.97 Å². The highest BCUT2D eigenvalue weighted by Crippen LogP contribution is 2.44.